The highest BCUT2D eigenvalue weighted by molar-refractivity contribution is 5.94. The van der Waals surface area contributed by atoms with Crippen molar-refractivity contribution < 1.29 is 9.72 Å². The van der Waals surface area contributed by atoms with Crippen molar-refractivity contribution in [3.05, 3.63) is 68.5 Å². The van der Waals surface area contributed by atoms with Crippen LogP contribution in [0.3, 0.4) is 0 Å². The fourth-order valence-corrected chi connectivity index (χ4v) is 4.56. The number of aromatic amines is 1. The fourth-order valence-electron chi connectivity index (χ4n) is 4.56. The highest BCUT2D eigenvalue weighted by Gasteiger charge is 2.31. The van der Waals surface area contributed by atoms with Crippen molar-refractivity contribution in [2.45, 2.75) is 57.9 Å². The molecule has 1 aliphatic carbocycles. The predicted molar refractivity (Wildman–Crippen MR) is 120 cm³/mol. The van der Waals surface area contributed by atoms with Crippen molar-refractivity contribution in [3.63, 3.8) is 0 Å². The smallest absolute Gasteiger partial charge is 0.312 e. The van der Waals surface area contributed by atoms with Crippen LogP contribution in [0.1, 0.15) is 76.5 Å². The summed E-state index contributed by atoms with van der Waals surface area (Å²) in [5.74, 6) is 2.78. The minimum Gasteiger partial charge on any atom is -0.339 e. The summed E-state index contributed by atoms with van der Waals surface area (Å²) in [7, 11) is 0. The Balaban J connectivity index is 1.19. The zero-order valence-corrected chi connectivity index (χ0v) is 18.8. The minimum absolute atomic E-state index is 0.0259. The molecule has 172 valence electrons. The molecule has 1 aliphatic heterocycles. The van der Waals surface area contributed by atoms with Crippen molar-refractivity contribution in [3.8, 4) is 0 Å². The standard InChI is InChI=1S/C23H27N7O3/c1-14-20(30(32)33)15(2)29(27-14)13-16-3-5-19(6-4-16)23(31)28-11-9-18(10-12-28)22-24-21(25-26-22)17-7-8-17/h3-6,17-18H,7-13H2,1-2H3,(H,24,25,26). The Morgan fingerprint density at radius 3 is 2.42 bits per heavy atom. The van der Waals surface area contributed by atoms with Crippen LogP contribution in [0.25, 0.3) is 0 Å². The van der Waals surface area contributed by atoms with E-state index in [2.05, 4.69) is 20.3 Å². The molecule has 1 saturated heterocycles. The average molecular weight is 450 g/mol. The van der Waals surface area contributed by atoms with E-state index < -0.39 is 4.92 Å². The van der Waals surface area contributed by atoms with Crippen LogP contribution in [-0.4, -0.2) is 53.8 Å². The second kappa shape index (κ2) is 8.42. The summed E-state index contributed by atoms with van der Waals surface area (Å²) in [6.07, 6.45) is 4.12. The van der Waals surface area contributed by atoms with Gasteiger partial charge in [-0.3, -0.25) is 24.7 Å². The summed E-state index contributed by atoms with van der Waals surface area (Å²) in [4.78, 5) is 30.4. The number of carbonyl (C=O) groups is 1. The van der Waals surface area contributed by atoms with Gasteiger partial charge < -0.3 is 4.90 Å². The van der Waals surface area contributed by atoms with Crippen LogP contribution in [-0.2, 0) is 6.54 Å². The Morgan fingerprint density at radius 2 is 1.82 bits per heavy atom. The van der Waals surface area contributed by atoms with Gasteiger partial charge in [-0.05, 0) is 57.2 Å². The number of amides is 1. The fraction of sp³-hybridized carbons (Fsp3) is 0.478. The molecule has 10 heteroatoms. The Hall–Kier alpha value is -3.56. The number of hydrogen-bond donors (Lipinski definition) is 1. The molecule has 2 aromatic heterocycles. The monoisotopic (exact) mass is 449 g/mol. The predicted octanol–water partition coefficient (Wildman–Crippen LogP) is 3.47. The maximum Gasteiger partial charge on any atom is 0.312 e. The Bertz CT molecular complexity index is 1190. The number of nitro groups is 1. The summed E-state index contributed by atoms with van der Waals surface area (Å²) in [6.45, 7) is 5.15. The third-order valence-corrected chi connectivity index (χ3v) is 6.69. The second-order valence-electron chi connectivity index (χ2n) is 9.05. The lowest BCUT2D eigenvalue weighted by Gasteiger charge is -2.31. The molecule has 33 heavy (non-hydrogen) atoms. The lowest BCUT2D eigenvalue weighted by atomic mass is 9.95. The number of aromatic nitrogens is 5. The van der Waals surface area contributed by atoms with Crippen molar-refractivity contribution in [2.24, 2.45) is 0 Å². The molecule has 0 atom stereocenters. The van der Waals surface area contributed by atoms with E-state index in [1.807, 2.05) is 29.2 Å². The number of nitrogens with zero attached hydrogens (tertiary/aromatic N) is 6. The normalized spacial score (nSPS) is 16.8. The highest BCUT2D eigenvalue weighted by Crippen LogP contribution is 2.38. The van der Waals surface area contributed by atoms with Crippen LogP contribution in [0.4, 0.5) is 5.69 Å². The van der Waals surface area contributed by atoms with Gasteiger partial charge in [0.05, 0.1) is 11.5 Å². The third kappa shape index (κ3) is 4.24. The van der Waals surface area contributed by atoms with Gasteiger partial charge in [0.15, 0.2) is 5.82 Å². The van der Waals surface area contributed by atoms with Crippen LogP contribution in [0.2, 0.25) is 0 Å². The van der Waals surface area contributed by atoms with E-state index in [0.717, 1.165) is 30.1 Å². The summed E-state index contributed by atoms with van der Waals surface area (Å²) < 4.78 is 1.63. The molecule has 0 radical (unpaired) electrons. The van der Waals surface area contributed by atoms with Gasteiger partial charge in [0.2, 0.25) is 0 Å². The molecule has 1 saturated carbocycles. The van der Waals surface area contributed by atoms with Gasteiger partial charge in [0.1, 0.15) is 17.2 Å². The van der Waals surface area contributed by atoms with E-state index in [-0.39, 0.29) is 11.6 Å². The maximum atomic E-state index is 13.0. The SMILES string of the molecule is Cc1nn(Cc2ccc(C(=O)N3CCC(c4nc(C5CC5)n[nH]4)CC3)cc2)c(C)c1[N+](=O)[O-]. The summed E-state index contributed by atoms with van der Waals surface area (Å²) in [5.41, 5.74) is 2.56. The lowest BCUT2D eigenvalue weighted by molar-refractivity contribution is -0.386. The van der Waals surface area contributed by atoms with Crippen molar-refractivity contribution in [2.75, 3.05) is 13.1 Å². The summed E-state index contributed by atoms with van der Waals surface area (Å²) in [6, 6.07) is 7.41. The molecule has 0 spiro atoms. The number of aryl methyl sites for hydroxylation is 1. The van der Waals surface area contributed by atoms with Crippen LogP contribution in [0.5, 0.6) is 0 Å². The van der Waals surface area contributed by atoms with Gasteiger partial charge in [0.25, 0.3) is 5.91 Å². The Kier molecular flexibility index (Phi) is 5.43. The van der Waals surface area contributed by atoms with Crippen LogP contribution < -0.4 is 0 Å². The second-order valence-corrected chi connectivity index (χ2v) is 9.05. The summed E-state index contributed by atoms with van der Waals surface area (Å²) in [5, 5.41) is 23.0. The molecule has 0 bridgehead atoms. The number of likely N-dealkylation sites (tertiary alicyclic amines) is 1. The molecule has 1 amide bonds. The van der Waals surface area contributed by atoms with Gasteiger partial charge in [0, 0.05) is 30.5 Å². The van der Waals surface area contributed by atoms with E-state index in [1.165, 1.54) is 12.8 Å². The zero-order chi connectivity index (χ0) is 23.1. The van der Waals surface area contributed by atoms with Gasteiger partial charge in [-0.15, -0.1) is 0 Å². The van der Waals surface area contributed by atoms with E-state index >= 15 is 0 Å². The van der Waals surface area contributed by atoms with Gasteiger partial charge in [-0.1, -0.05) is 12.1 Å². The number of H-pyrrole nitrogens is 1. The first-order chi connectivity index (χ1) is 15.9. The Morgan fingerprint density at radius 1 is 1.12 bits per heavy atom. The van der Waals surface area contributed by atoms with Crippen molar-refractivity contribution >= 4 is 11.6 Å². The molecule has 3 heterocycles. The molecular weight excluding hydrogens is 422 g/mol. The lowest BCUT2D eigenvalue weighted by Crippen LogP contribution is -2.38. The van der Waals surface area contributed by atoms with E-state index in [9.17, 15) is 14.9 Å². The molecule has 2 fully saturated rings. The van der Waals surface area contributed by atoms with Gasteiger partial charge >= 0.3 is 5.69 Å². The first-order valence-electron chi connectivity index (χ1n) is 11.4. The quantitative estimate of drug-likeness (QED) is 0.454. The van der Waals surface area contributed by atoms with E-state index in [4.69, 9.17) is 0 Å². The maximum absolute atomic E-state index is 13.0. The first-order valence-corrected chi connectivity index (χ1v) is 11.4. The van der Waals surface area contributed by atoms with Crippen LogP contribution in [0.15, 0.2) is 24.3 Å². The first kappa shape index (κ1) is 21.3. The molecule has 5 rings (SSSR count). The number of nitrogens with one attached hydrogen (secondary N) is 1. The zero-order valence-electron chi connectivity index (χ0n) is 18.8. The molecule has 1 aromatic carbocycles. The highest BCUT2D eigenvalue weighted by atomic mass is 16.6. The Labute approximate surface area is 191 Å². The van der Waals surface area contributed by atoms with Crippen molar-refractivity contribution in [1.82, 2.24) is 29.9 Å². The third-order valence-electron chi connectivity index (χ3n) is 6.69. The topological polar surface area (TPSA) is 123 Å². The molecular formula is C23H27N7O3. The number of hydrogen-bond acceptors (Lipinski definition) is 6. The van der Waals surface area contributed by atoms with Crippen LogP contribution in [0, 0.1) is 24.0 Å². The van der Waals surface area contributed by atoms with Gasteiger partial charge in [-0.2, -0.15) is 10.2 Å². The van der Waals surface area contributed by atoms with E-state index in [0.29, 0.717) is 48.4 Å². The largest absolute Gasteiger partial charge is 0.339 e. The van der Waals surface area contributed by atoms with E-state index in [1.54, 1.807) is 18.5 Å². The molecule has 3 aromatic rings. The number of benzene rings is 1. The number of carbonyl (C=O) groups excluding carboxylic acids is 1. The van der Waals surface area contributed by atoms with Crippen LogP contribution >= 0.6 is 0 Å². The molecule has 2 aliphatic rings. The van der Waals surface area contributed by atoms with Gasteiger partial charge in [-0.25, -0.2) is 4.98 Å². The molecule has 1 N–H and O–H groups in total. The number of piperidine rings is 1. The average Bonchev–Trinajstić information content (AvgIpc) is 3.47. The van der Waals surface area contributed by atoms with Crippen molar-refractivity contribution in [1.29, 1.82) is 0 Å². The molecule has 0 unspecified atom stereocenters. The summed E-state index contributed by atoms with van der Waals surface area (Å²) >= 11 is 0. The number of rotatable bonds is 6. The minimum atomic E-state index is -0.395. The molecule has 10 nitrogen and oxygen atoms in total.